The summed E-state index contributed by atoms with van der Waals surface area (Å²) >= 11 is 6.12. The maximum absolute atomic E-state index is 6.12. The van der Waals surface area contributed by atoms with Crippen molar-refractivity contribution in [3.8, 4) is 5.75 Å². The molecule has 0 atom stereocenters. The Bertz CT molecular complexity index is 336. The van der Waals surface area contributed by atoms with Crippen molar-refractivity contribution in [3.05, 3.63) is 28.8 Å². The van der Waals surface area contributed by atoms with Gasteiger partial charge < -0.3 is 10.5 Å². The van der Waals surface area contributed by atoms with E-state index in [0.29, 0.717) is 6.10 Å². The second kappa shape index (κ2) is 4.86. The minimum atomic E-state index is 0.400. The predicted octanol–water partition coefficient (Wildman–Crippen LogP) is 2.77. The van der Waals surface area contributed by atoms with E-state index in [4.69, 9.17) is 22.1 Å². The van der Waals surface area contributed by atoms with Crippen molar-refractivity contribution in [2.24, 2.45) is 5.73 Å². The van der Waals surface area contributed by atoms with Crippen LogP contribution in [-0.2, 0) is 6.42 Å². The third-order valence-electron chi connectivity index (χ3n) is 2.48. The third-order valence-corrected chi connectivity index (χ3v) is 2.78. The number of hydrogen-bond acceptors (Lipinski definition) is 2. The minimum absolute atomic E-state index is 0.400. The number of hydrogen-bond donors (Lipinski definition) is 1. The van der Waals surface area contributed by atoms with Crippen molar-refractivity contribution in [1.29, 1.82) is 0 Å². The molecule has 0 saturated heterocycles. The number of nitrogens with two attached hydrogens (primary N) is 1. The van der Waals surface area contributed by atoms with Crippen molar-refractivity contribution in [3.63, 3.8) is 0 Å². The second-order valence-corrected chi connectivity index (χ2v) is 4.38. The van der Waals surface area contributed by atoms with Crippen molar-refractivity contribution >= 4 is 11.6 Å². The van der Waals surface area contributed by atoms with Crippen molar-refractivity contribution in [1.82, 2.24) is 0 Å². The molecule has 1 aliphatic rings. The van der Waals surface area contributed by atoms with Crippen molar-refractivity contribution in [2.75, 3.05) is 6.54 Å². The molecule has 15 heavy (non-hydrogen) atoms. The molecule has 1 fully saturated rings. The van der Waals surface area contributed by atoms with Gasteiger partial charge in [-0.15, -0.1) is 0 Å². The highest BCUT2D eigenvalue weighted by Gasteiger charge is 2.24. The molecule has 2 nitrogen and oxygen atoms in total. The number of ether oxygens (including phenoxy) is 1. The van der Waals surface area contributed by atoms with Crippen molar-refractivity contribution < 1.29 is 4.74 Å². The summed E-state index contributed by atoms with van der Waals surface area (Å²) in [6, 6.07) is 6.01. The van der Waals surface area contributed by atoms with E-state index >= 15 is 0 Å². The topological polar surface area (TPSA) is 35.2 Å². The van der Waals surface area contributed by atoms with Gasteiger partial charge in [0.15, 0.2) is 0 Å². The van der Waals surface area contributed by atoms with Crippen LogP contribution in [0.2, 0.25) is 5.02 Å². The van der Waals surface area contributed by atoms with E-state index in [9.17, 15) is 0 Å². The van der Waals surface area contributed by atoms with Crippen LogP contribution in [0, 0.1) is 0 Å². The maximum atomic E-state index is 6.12. The highest BCUT2D eigenvalue weighted by molar-refractivity contribution is 6.32. The monoisotopic (exact) mass is 225 g/mol. The summed E-state index contributed by atoms with van der Waals surface area (Å²) in [5, 5.41) is 0.719. The van der Waals surface area contributed by atoms with Crippen LogP contribution in [0.15, 0.2) is 18.2 Å². The van der Waals surface area contributed by atoms with Crippen LogP contribution in [0.4, 0.5) is 0 Å². The fourth-order valence-corrected chi connectivity index (χ4v) is 1.71. The van der Waals surface area contributed by atoms with Crippen LogP contribution in [0.25, 0.3) is 0 Å². The van der Waals surface area contributed by atoms with Gasteiger partial charge in [0.25, 0.3) is 0 Å². The number of rotatable bonds is 5. The first kappa shape index (κ1) is 10.8. The summed E-state index contributed by atoms with van der Waals surface area (Å²) in [5.41, 5.74) is 6.69. The molecule has 2 rings (SSSR count). The lowest BCUT2D eigenvalue weighted by molar-refractivity contribution is 0.303. The third kappa shape index (κ3) is 3.11. The van der Waals surface area contributed by atoms with Gasteiger partial charge in [-0.05, 0) is 49.9 Å². The molecule has 0 heterocycles. The first-order valence-electron chi connectivity index (χ1n) is 5.45. The quantitative estimate of drug-likeness (QED) is 0.837. The van der Waals surface area contributed by atoms with Gasteiger partial charge in [0.2, 0.25) is 0 Å². The Morgan fingerprint density at radius 1 is 1.40 bits per heavy atom. The smallest absolute Gasteiger partial charge is 0.138 e. The van der Waals surface area contributed by atoms with E-state index < -0.39 is 0 Å². The number of halogens is 1. The Hall–Kier alpha value is -0.730. The molecule has 1 aliphatic carbocycles. The van der Waals surface area contributed by atoms with Crippen LogP contribution < -0.4 is 10.5 Å². The molecule has 1 aromatic carbocycles. The van der Waals surface area contributed by atoms with Gasteiger partial charge in [0.1, 0.15) is 5.75 Å². The average molecular weight is 226 g/mol. The largest absolute Gasteiger partial charge is 0.489 e. The van der Waals surface area contributed by atoms with E-state index in [1.54, 1.807) is 0 Å². The predicted molar refractivity (Wildman–Crippen MR) is 62.5 cm³/mol. The number of aryl methyl sites for hydroxylation is 1. The van der Waals surface area contributed by atoms with E-state index in [1.807, 2.05) is 12.1 Å². The zero-order chi connectivity index (χ0) is 10.7. The van der Waals surface area contributed by atoms with Crippen LogP contribution >= 0.6 is 11.6 Å². The fraction of sp³-hybridized carbons (Fsp3) is 0.500. The molecule has 0 bridgehead atoms. The van der Waals surface area contributed by atoms with Crippen LogP contribution in [-0.4, -0.2) is 12.6 Å². The summed E-state index contributed by atoms with van der Waals surface area (Å²) in [7, 11) is 0. The molecule has 0 aromatic heterocycles. The van der Waals surface area contributed by atoms with Gasteiger partial charge in [-0.1, -0.05) is 17.7 Å². The van der Waals surface area contributed by atoms with Gasteiger partial charge in [0.05, 0.1) is 11.1 Å². The molecule has 0 unspecified atom stereocenters. The van der Waals surface area contributed by atoms with Gasteiger partial charge in [-0.3, -0.25) is 0 Å². The first-order valence-corrected chi connectivity index (χ1v) is 5.82. The zero-order valence-corrected chi connectivity index (χ0v) is 9.46. The lowest BCUT2D eigenvalue weighted by atomic mass is 10.1. The molecule has 0 aliphatic heterocycles. The zero-order valence-electron chi connectivity index (χ0n) is 8.71. The highest BCUT2D eigenvalue weighted by atomic mass is 35.5. The SMILES string of the molecule is NCCCc1ccc(OC2CC2)c(Cl)c1. The lowest BCUT2D eigenvalue weighted by Gasteiger charge is -2.08. The molecule has 82 valence electrons. The van der Waals surface area contributed by atoms with Crippen LogP contribution in [0.5, 0.6) is 5.75 Å². The second-order valence-electron chi connectivity index (χ2n) is 3.97. The molecule has 0 radical (unpaired) electrons. The van der Waals surface area contributed by atoms with Gasteiger partial charge in [-0.25, -0.2) is 0 Å². The summed E-state index contributed by atoms with van der Waals surface area (Å²) < 4.78 is 5.66. The average Bonchev–Trinajstić information content (AvgIpc) is 3.02. The lowest BCUT2D eigenvalue weighted by Crippen LogP contribution is -2.01. The van der Waals surface area contributed by atoms with Crippen molar-refractivity contribution in [2.45, 2.75) is 31.8 Å². The fourth-order valence-electron chi connectivity index (χ4n) is 1.47. The molecular formula is C12H16ClNO. The minimum Gasteiger partial charge on any atom is -0.489 e. The maximum Gasteiger partial charge on any atom is 0.138 e. The van der Waals surface area contributed by atoms with Crippen LogP contribution in [0.1, 0.15) is 24.8 Å². The standard InChI is InChI=1S/C12H16ClNO/c13-11-8-9(2-1-7-14)3-6-12(11)15-10-4-5-10/h3,6,8,10H,1-2,4-5,7,14H2. The molecule has 1 aromatic rings. The molecule has 1 saturated carbocycles. The summed E-state index contributed by atoms with van der Waals surface area (Å²) in [6.07, 6.45) is 4.70. The summed E-state index contributed by atoms with van der Waals surface area (Å²) in [6.45, 7) is 0.720. The Labute approximate surface area is 95.4 Å². The van der Waals surface area contributed by atoms with E-state index in [0.717, 1.165) is 43.0 Å². The van der Waals surface area contributed by atoms with E-state index in [2.05, 4.69) is 6.07 Å². The summed E-state index contributed by atoms with van der Waals surface area (Å²) in [4.78, 5) is 0. The van der Waals surface area contributed by atoms with Gasteiger partial charge in [-0.2, -0.15) is 0 Å². The van der Waals surface area contributed by atoms with E-state index in [1.165, 1.54) is 5.56 Å². The molecule has 0 amide bonds. The normalized spacial score (nSPS) is 15.3. The Morgan fingerprint density at radius 3 is 2.80 bits per heavy atom. The van der Waals surface area contributed by atoms with Crippen LogP contribution in [0.3, 0.4) is 0 Å². The molecule has 0 spiro atoms. The summed E-state index contributed by atoms with van der Waals surface area (Å²) in [5.74, 6) is 0.815. The highest BCUT2D eigenvalue weighted by Crippen LogP contribution is 2.32. The van der Waals surface area contributed by atoms with E-state index in [-0.39, 0.29) is 0 Å². The van der Waals surface area contributed by atoms with Gasteiger partial charge in [0, 0.05) is 0 Å². The Kier molecular flexibility index (Phi) is 3.49. The Balaban J connectivity index is 2.00. The Morgan fingerprint density at radius 2 is 2.20 bits per heavy atom. The molecular weight excluding hydrogens is 210 g/mol. The molecule has 3 heteroatoms. The van der Waals surface area contributed by atoms with Gasteiger partial charge >= 0.3 is 0 Å². The molecule has 2 N–H and O–H groups in total. The number of benzene rings is 1. The first-order chi connectivity index (χ1) is 7.29.